The van der Waals surface area contributed by atoms with Gasteiger partial charge in [0.2, 0.25) is 0 Å². The Kier molecular flexibility index (Phi) is 4.93. The van der Waals surface area contributed by atoms with E-state index in [1.54, 1.807) is 6.92 Å². The Labute approximate surface area is 126 Å². The Morgan fingerprint density at radius 2 is 2.30 bits per heavy atom. The van der Waals surface area contributed by atoms with Gasteiger partial charge < -0.3 is 10.0 Å². The number of pyridine rings is 1. The summed E-state index contributed by atoms with van der Waals surface area (Å²) >= 11 is 3.43. The van der Waals surface area contributed by atoms with E-state index in [0.29, 0.717) is 15.9 Å². The molecule has 1 fully saturated rings. The third-order valence-corrected chi connectivity index (χ3v) is 4.72. The molecule has 1 N–H and O–H groups in total. The smallest absolute Gasteiger partial charge is 0.291 e. The zero-order valence-electron chi connectivity index (χ0n) is 11.4. The number of hydrogen-bond acceptors (Lipinski definition) is 5. The van der Waals surface area contributed by atoms with E-state index in [4.69, 9.17) is 0 Å². The Morgan fingerprint density at radius 3 is 2.95 bits per heavy atom. The van der Waals surface area contributed by atoms with Gasteiger partial charge in [0, 0.05) is 12.1 Å². The van der Waals surface area contributed by atoms with Gasteiger partial charge in [0.15, 0.2) is 0 Å². The molecule has 2 rings (SSSR count). The maximum atomic E-state index is 10.9. The predicted molar refractivity (Wildman–Crippen MR) is 80.0 cm³/mol. The van der Waals surface area contributed by atoms with Gasteiger partial charge in [-0.05, 0) is 35.7 Å². The highest BCUT2D eigenvalue weighted by Gasteiger charge is 2.26. The largest absolute Gasteiger partial charge is 0.394 e. The summed E-state index contributed by atoms with van der Waals surface area (Å²) in [7, 11) is 0. The minimum atomic E-state index is -0.428. The van der Waals surface area contributed by atoms with Crippen LogP contribution in [0.1, 0.15) is 31.2 Å². The third-order valence-electron chi connectivity index (χ3n) is 3.78. The summed E-state index contributed by atoms with van der Waals surface area (Å²) in [5.74, 6) is 0.689. The van der Waals surface area contributed by atoms with Gasteiger partial charge in [-0.15, -0.1) is 0 Å². The van der Waals surface area contributed by atoms with E-state index in [9.17, 15) is 15.2 Å². The Hall–Kier alpha value is -1.21. The van der Waals surface area contributed by atoms with Crippen molar-refractivity contribution in [1.82, 2.24) is 4.98 Å². The molecule has 1 atom stereocenters. The van der Waals surface area contributed by atoms with Crippen LogP contribution in [0.4, 0.5) is 11.5 Å². The summed E-state index contributed by atoms with van der Waals surface area (Å²) < 4.78 is 0.645. The van der Waals surface area contributed by atoms with E-state index in [1.165, 1.54) is 6.20 Å². The zero-order valence-corrected chi connectivity index (χ0v) is 13.0. The van der Waals surface area contributed by atoms with Gasteiger partial charge in [0.05, 0.1) is 22.0 Å². The summed E-state index contributed by atoms with van der Waals surface area (Å²) in [5.41, 5.74) is 0.580. The molecule has 110 valence electrons. The number of rotatable bonds is 3. The second kappa shape index (κ2) is 6.49. The second-order valence-electron chi connectivity index (χ2n) is 5.04. The molecule has 0 bridgehead atoms. The number of aliphatic hydroxyl groups excluding tert-OH is 1. The summed E-state index contributed by atoms with van der Waals surface area (Å²) in [6, 6.07) is 0.0298. The molecule has 6 nitrogen and oxygen atoms in total. The van der Waals surface area contributed by atoms with Gasteiger partial charge in [0.1, 0.15) is 12.0 Å². The van der Waals surface area contributed by atoms with Crippen molar-refractivity contribution in [3.63, 3.8) is 0 Å². The molecule has 7 heteroatoms. The van der Waals surface area contributed by atoms with E-state index in [0.717, 1.165) is 32.2 Å². The quantitative estimate of drug-likeness (QED) is 0.674. The van der Waals surface area contributed by atoms with Crippen LogP contribution < -0.4 is 4.90 Å². The maximum Gasteiger partial charge on any atom is 0.291 e. The number of nitrogens with zero attached hydrogens (tertiary/aromatic N) is 3. The monoisotopic (exact) mass is 343 g/mol. The molecule has 0 spiro atoms. The van der Waals surface area contributed by atoms with Crippen LogP contribution in [0.25, 0.3) is 0 Å². The van der Waals surface area contributed by atoms with Crippen LogP contribution in [0, 0.1) is 17.0 Å². The Balaban J connectivity index is 2.40. The fourth-order valence-electron chi connectivity index (χ4n) is 2.59. The van der Waals surface area contributed by atoms with Crippen molar-refractivity contribution in [2.45, 2.75) is 38.6 Å². The first kappa shape index (κ1) is 15.2. The van der Waals surface area contributed by atoms with Crippen molar-refractivity contribution in [3.8, 4) is 0 Å². The minimum absolute atomic E-state index is 0.0102. The zero-order chi connectivity index (χ0) is 14.7. The first-order valence-electron chi connectivity index (χ1n) is 6.73. The highest BCUT2D eigenvalue weighted by molar-refractivity contribution is 9.10. The fourth-order valence-corrected chi connectivity index (χ4v) is 3.12. The molecule has 20 heavy (non-hydrogen) atoms. The molecular weight excluding hydrogens is 326 g/mol. The molecule has 1 unspecified atom stereocenters. The van der Waals surface area contributed by atoms with E-state index >= 15 is 0 Å². The standard InChI is InChI=1S/C13H18BrN3O3/c1-9-11(17(19)20)7-15-13(12(9)14)16-6-4-2-3-5-10(16)8-18/h7,10,18H,2-6,8H2,1H3. The van der Waals surface area contributed by atoms with Gasteiger partial charge in [-0.1, -0.05) is 12.8 Å². The van der Waals surface area contributed by atoms with Crippen molar-refractivity contribution in [2.24, 2.45) is 0 Å². The van der Waals surface area contributed by atoms with Crippen molar-refractivity contribution in [3.05, 3.63) is 26.3 Å². The van der Waals surface area contributed by atoms with Crippen molar-refractivity contribution < 1.29 is 10.0 Å². The second-order valence-corrected chi connectivity index (χ2v) is 5.84. The van der Waals surface area contributed by atoms with Crippen molar-refractivity contribution in [2.75, 3.05) is 18.1 Å². The summed E-state index contributed by atoms with van der Waals surface area (Å²) in [5, 5.41) is 20.5. The highest BCUT2D eigenvalue weighted by atomic mass is 79.9. The molecule has 1 aromatic rings. The Bertz CT molecular complexity index is 510. The average molecular weight is 344 g/mol. The van der Waals surface area contributed by atoms with E-state index in [2.05, 4.69) is 25.8 Å². The van der Waals surface area contributed by atoms with Gasteiger partial charge in [-0.3, -0.25) is 10.1 Å². The maximum absolute atomic E-state index is 10.9. The number of hydrogen-bond donors (Lipinski definition) is 1. The van der Waals surface area contributed by atoms with Gasteiger partial charge in [0.25, 0.3) is 5.69 Å². The van der Waals surface area contributed by atoms with Crippen LogP contribution >= 0.6 is 15.9 Å². The van der Waals surface area contributed by atoms with Crippen LogP contribution in [-0.4, -0.2) is 34.2 Å². The summed E-state index contributed by atoms with van der Waals surface area (Å²) in [4.78, 5) is 16.8. The first-order chi connectivity index (χ1) is 9.56. The molecule has 0 saturated carbocycles. The lowest BCUT2D eigenvalue weighted by Crippen LogP contribution is -2.38. The fraction of sp³-hybridized carbons (Fsp3) is 0.615. The summed E-state index contributed by atoms with van der Waals surface area (Å²) in [6.45, 7) is 2.59. The van der Waals surface area contributed by atoms with Crippen LogP contribution in [-0.2, 0) is 0 Å². The summed E-state index contributed by atoms with van der Waals surface area (Å²) in [6.07, 6.45) is 5.48. The first-order valence-corrected chi connectivity index (χ1v) is 7.52. The third kappa shape index (κ3) is 2.93. The molecule has 1 aliphatic rings. The lowest BCUT2D eigenvalue weighted by atomic mass is 10.1. The number of nitro groups is 1. The molecule has 1 aromatic heterocycles. The van der Waals surface area contributed by atoms with Crippen molar-refractivity contribution in [1.29, 1.82) is 0 Å². The topological polar surface area (TPSA) is 79.5 Å². The molecule has 0 radical (unpaired) electrons. The number of aliphatic hydroxyl groups is 1. The van der Waals surface area contributed by atoms with Gasteiger partial charge in [-0.2, -0.15) is 0 Å². The van der Waals surface area contributed by atoms with Crippen LogP contribution in [0.15, 0.2) is 10.7 Å². The highest BCUT2D eigenvalue weighted by Crippen LogP contribution is 2.35. The van der Waals surface area contributed by atoms with E-state index in [1.807, 2.05) is 0 Å². The van der Waals surface area contributed by atoms with Crippen LogP contribution in [0.3, 0.4) is 0 Å². The lowest BCUT2D eigenvalue weighted by molar-refractivity contribution is -0.385. The normalized spacial score (nSPS) is 19.8. The SMILES string of the molecule is Cc1c([N+](=O)[O-])cnc(N2CCCCCC2CO)c1Br. The average Bonchev–Trinajstić information content (AvgIpc) is 2.66. The molecular formula is C13H18BrN3O3. The molecule has 1 saturated heterocycles. The molecule has 2 heterocycles. The van der Waals surface area contributed by atoms with E-state index in [-0.39, 0.29) is 18.3 Å². The van der Waals surface area contributed by atoms with Crippen LogP contribution in [0.5, 0.6) is 0 Å². The number of anilines is 1. The van der Waals surface area contributed by atoms with E-state index < -0.39 is 4.92 Å². The van der Waals surface area contributed by atoms with Crippen LogP contribution in [0.2, 0.25) is 0 Å². The lowest BCUT2D eigenvalue weighted by Gasteiger charge is -2.30. The number of aromatic nitrogens is 1. The molecule has 0 aromatic carbocycles. The molecule has 0 aliphatic carbocycles. The Morgan fingerprint density at radius 1 is 1.55 bits per heavy atom. The number of halogens is 1. The van der Waals surface area contributed by atoms with Crippen molar-refractivity contribution >= 4 is 27.4 Å². The minimum Gasteiger partial charge on any atom is -0.394 e. The predicted octanol–water partition coefficient (Wildman–Crippen LogP) is 2.80. The van der Waals surface area contributed by atoms with Gasteiger partial charge >= 0.3 is 0 Å². The molecule has 0 amide bonds. The van der Waals surface area contributed by atoms with Gasteiger partial charge in [-0.25, -0.2) is 4.98 Å². The molecule has 1 aliphatic heterocycles.